The van der Waals surface area contributed by atoms with Crippen molar-refractivity contribution in [3.63, 3.8) is 0 Å². The Labute approximate surface area is 148 Å². The average Bonchev–Trinajstić information content (AvgIpc) is 3.06. The normalized spacial score (nSPS) is 10.6. The highest BCUT2D eigenvalue weighted by atomic mass is 35.5. The van der Waals surface area contributed by atoms with Crippen molar-refractivity contribution in [1.29, 1.82) is 0 Å². The molecular weight excluding hydrogens is 345 g/mol. The minimum Gasteiger partial charge on any atom is -0.355 e. The van der Waals surface area contributed by atoms with Gasteiger partial charge < -0.3 is 9.84 Å². The fourth-order valence-electron chi connectivity index (χ4n) is 2.27. The van der Waals surface area contributed by atoms with Gasteiger partial charge in [0, 0.05) is 18.0 Å². The van der Waals surface area contributed by atoms with Crippen molar-refractivity contribution in [2.24, 2.45) is 0 Å². The zero-order chi connectivity index (χ0) is 17.6. The first-order valence-electron chi connectivity index (χ1n) is 7.70. The summed E-state index contributed by atoms with van der Waals surface area (Å²) in [5.41, 5.74) is 1.16. The topological polar surface area (TPSA) is 68.0 Å². The van der Waals surface area contributed by atoms with Gasteiger partial charge in [-0.3, -0.25) is 4.79 Å². The van der Waals surface area contributed by atoms with Gasteiger partial charge in [-0.25, -0.2) is 4.39 Å². The molecule has 0 aliphatic rings. The van der Waals surface area contributed by atoms with E-state index in [0.717, 1.165) is 5.56 Å². The van der Waals surface area contributed by atoms with Gasteiger partial charge in [-0.1, -0.05) is 41.0 Å². The maximum Gasteiger partial charge on any atom is 0.228 e. The van der Waals surface area contributed by atoms with Crippen LogP contribution < -0.4 is 5.32 Å². The molecule has 25 heavy (non-hydrogen) atoms. The Morgan fingerprint density at radius 2 is 1.92 bits per heavy atom. The molecule has 0 saturated heterocycles. The lowest BCUT2D eigenvalue weighted by atomic mass is 10.1. The van der Waals surface area contributed by atoms with Crippen LogP contribution in [0, 0.1) is 5.82 Å². The molecule has 1 heterocycles. The van der Waals surface area contributed by atoms with Crippen molar-refractivity contribution < 1.29 is 13.7 Å². The van der Waals surface area contributed by atoms with Gasteiger partial charge in [0.2, 0.25) is 17.6 Å². The van der Waals surface area contributed by atoms with E-state index in [1.807, 2.05) is 0 Å². The Kier molecular flexibility index (Phi) is 5.40. The van der Waals surface area contributed by atoms with Gasteiger partial charge in [0.25, 0.3) is 0 Å². The number of carbonyl (C=O) groups is 1. The average molecular weight is 360 g/mol. The maximum atomic E-state index is 13.7. The van der Waals surface area contributed by atoms with Crippen LogP contribution in [0.15, 0.2) is 53.1 Å². The molecule has 1 N–H and O–H groups in total. The Morgan fingerprint density at radius 3 is 2.68 bits per heavy atom. The lowest BCUT2D eigenvalue weighted by molar-refractivity contribution is -0.120. The largest absolute Gasteiger partial charge is 0.355 e. The first-order chi connectivity index (χ1) is 12.1. The summed E-state index contributed by atoms with van der Waals surface area (Å²) in [5.74, 6) is 0.00733. The molecule has 0 spiro atoms. The molecule has 128 valence electrons. The Morgan fingerprint density at radius 1 is 1.16 bits per heavy atom. The van der Waals surface area contributed by atoms with Crippen LogP contribution in [0.25, 0.3) is 11.4 Å². The van der Waals surface area contributed by atoms with Crippen molar-refractivity contribution in [2.45, 2.75) is 12.8 Å². The Bertz CT molecular complexity index is 865. The third kappa shape index (κ3) is 4.64. The minimum atomic E-state index is -0.411. The molecule has 3 aromatic rings. The van der Waals surface area contributed by atoms with Gasteiger partial charge in [0.05, 0.1) is 12.0 Å². The minimum absolute atomic E-state index is 0.115. The van der Waals surface area contributed by atoms with Crippen molar-refractivity contribution in [1.82, 2.24) is 15.5 Å². The SMILES string of the molecule is O=C(Cc1ccc(Cl)cc1)NCCc1nc(-c2ccccc2F)no1. The zero-order valence-corrected chi connectivity index (χ0v) is 14.0. The highest BCUT2D eigenvalue weighted by Crippen LogP contribution is 2.19. The fourth-order valence-corrected chi connectivity index (χ4v) is 2.39. The van der Waals surface area contributed by atoms with Crippen LogP contribution in [0.1, 0.15) is 11.5 Å². The number of nitrogens with one attached hydrogen (secondary N) is 1. The summed E-state index contributed by atoms with van der Waals surface area (Å²) < 4.78 is 18.8. The number of aromatic nitrogens is 2. The van der Waals surface area contributed by atoms with E-state index >= 15 is 0 Å². The van der Waals surface area contributed by atoms with E-state index in [0.29, 0.717) is 23.9 Å². The second-order valence-electron chi connectivity index (χ2n) is 5.39. The Hall–Kier alpha value is -2.73. The Balaban J connectivity index is 1.50. The molecule has 0 atom stereocenters. The van der Waals surface area contributed by atoms with E-state index in [1.54, 1.807) is 42.5 Å². The number of carbonyl (C=O) groups excluding carboxylic acids is 1. The van der Waals surface area contributed by atoms with Gasteiger partial charge >= 0.3 is 0 Å². The van der Waals surface area contributed by atoms with Gasteiger partial charge in [0.15, 0.2) is 0 Å². The van der Waals surface area contributed by atoms with Crippen molar-refractivity contribution >= 4 is 17.5 Å². The first-order valence-corrected chi connectivity index (χ1v) is 8.08. The fraction of sp³-hybridized carbons (Fsp3) is 0.167. The number of halogens is 2. The maximum absolute atomic E-state index is 13.7. The third-order valence-electron chi connectivity index (χ3n) is 3.52. The number of rotatable bonds is 6. The van der Waals surface area contributed by atoms with E-state index in [2.05, 4.69) is 15.5 Å². The molecule has 7 heteroatoms. The molecule has 0 radical (unpaired) electrons. The van der Waals surface area contributed by atoms with Crippen LogP contribution in [0.4, 0.5) is 4.39 Å². The van der Waals surface area contributed by atoms with Crippen LogP contribution in [0.2, 0.25) is 5.02 Å². The summed E-state index contributed by atoms with van der Waals surface area (Å²) in [5, 5.41) is 7.18. The van der Waals surface area contributed by atoms with Gasteiger partial charge in [-0.15, -0.1) is 0 Å². The van der Waals surface area contributed by atoms with Crippen LogP contribution in [-0.2, 0) is 17.6 Å². The summed E-state index contributed by atoms with van der Waals surface area (Å²) >= 11 is 5.81. The smallest absolute Gasteiger partial charge is 0.228 e. The van der Waals surface area contributed by atoms with Gasteiger partial charge in [0.1, 0.15) is 5.82 Å². The van der Waals surface area contributed by atoms with Gasteiger partial charge in [-0.2, -0.15) is 4.98 Å². The van der Waals surface area contributed by atoms with Crippen molar-refractivity contribution in [2.75, 3.05) is 6.54 Å². The molecule has 1 amide bonds. The van der Waals surface area contributed by atoms with E-state index in [1.165, 1.54) is 6.07 Å². The first kappa shape index (κ1) is 17.1. The number of hydrogen-bond donors (Lipinski definition) is 1. The lowest BCUT2D eigenvalue weighted by Crippen LogP contribution is -2.27. The van der Waals surface area contributed by atoms with E-state index in [-0.39, 0.29) is 23.7 Å². The van der Waals surface area contributed by atoms with Crippen LogP contribution in [-0.4, -0.2) is 22.6 Å². The summed E-state index contributed by atoms with van der Waals surface area (Å²) in [4.78, 5) is 16.0. The van der Waals surface area contributed by atoms with Crippen LogP contribution in [0.3, 0.4) is 0 Å². The summed E-state index contributed by atoms with van der Waals surface area (Å²) in [6, 6.07) is 13.3. The molecule has 0 saturated carbocycles. The van der Waals surface area contributed by atoms with E-state index < -0.39 is 5.82 Å². The van der Waals surface area contributed by atoms with Crippen LogP contribution in [0.5, 0.6) is 0 Å². The monoisotopic (exact) mass is 359 g/mol. The number of nitrogens with zero attached hydrogens (tertiary/aromatic N) is 2. The molecule has 0 aliphatic carbocycles. The molecular formula is C18H15ClFN3O2. The van der Waals surface area contributed by atoms with Gasteiger partial charge in [-0.05, 0) is 29.8 Å². The second kappa shape index (κ2) is 7.90. The molecule has 2 aromatic carbocycles. The number of amides is 1. The van der Waals surface area contributed by atoms with Crippen LogP contribution >= 0.6 is 11.6 Å². The zero-order valence-electron chi connectivity index (χ0n) is 13.2. The standard InChI is InChI=1S/C18H15ClFN3O2/c19-13-7-5-12(6-8-13)11-16(24)21-10-9-17-22-18(23-25-17)14-3-1-2-4-15(14)20/h1-8H,9-11H2,(H,21,24). The number of benzene rings is 2. The van der Waals surface area contributed by atoms with Crippen molar-refractivity contribution in [3.8, 4) is 11.4 Å². The van der Waals surface area contributed by atoms with Crippen molar-refractivity contribution in [3.05, 3.63) is 70.8 Å². The third-order valence-corrected chi connectivity index (χ3v) is 3.77. The summed E-state index contributed by atoms with van der Waals surface area (Å²) in [7, 11) is 0. The predicted octanol–water partition coefficient (Wildman–Crippen LogP) is 3.43. The van der Waals surface area contributed by atoms with E-state index in [9.17, 15) is 9.18 Å². The molecule has 3 rings (SSSR count). The molecule has 0 aliphatic heterocycles. The quantitative estimate of drug-likeness (QED) is 0.732. The highest BCUT2D eigenvalue weighted by molar-refractivity contribution is 6.30. The second-order valence-corrected chi connectivity index (χ2v) is 5.83. The number of hydrogen-bond acceptors (Lipinski definition) is 4. The molecule has 5 nitrogen and oxygen atoms in total. The summed E-state index contributed by atoms with van der Waals surface area (Å²) in [6.45, 7) is 0.353. The highest BCUT2D eigenvalue weighted by Gasteiger charge is 2.12. The lowest BCUT2D eigenvalue weighted by Gasteiger charge is -2.03. The molecule has 0 unspecified atom stereocenters. The molecule has 0 fully saturated rings. The summed E-state index contributed by atoms with van der Waals surface area (Å²) in [6.07, 6.45) is 0.634. The predicted molar refractivity (Wildman–Crippen MR) is 91.6 cm³/mol. The molecule has 0 bridgehead atoms. The molecule has 1 aromatic heterocycles. The van der Waals surface area contributed by atoms with E-state index in [4.69, 9.17) is 16.1 Å².